The topological polar surface area (TPSA) is 99.5 Å². The van der Waals surface area contributed by atoms with E-state index in [2.05, 4.69) is 22.9 Å². The molecule has 0 atom stereocenters. The van der Waals surface area contributed by atoms with Crippen LogP contribution in [0.5, 0.6) is 0 Å². The van der Waals surface area contributed by atoms with E-state index in [1.165, 1.54) is 0 Å². The first kappa shape index (κ1) is 24.4. The van der Waals surface area contributed by atoms with Gasteiger partial charge in [-0.05, 0) is 74.1 Å². The highest BCUT2D eigenvalue weighted by molar-refractivity contribution is 7.89. The zero-order chi connectivity index (χ0) is 24.3. The third-order valence-corrected chi connectivity index (χ3v) is 8.92. The molecular weight excluding hydrogens is 448 g/mol. The summed E-state index contributed by atoms with van der Waals surface area (Å²) in [7, 11) is -1.24. The third kappa shape index (κ3) is 5.19. The van der Waals surface area contributed by atoms with Crippen molar-refractivity contribution in [3.63, 3.8) is 0 Å². The summed E-state index contributed by atoms with van der Waals surface area (Å²) in [4.78, 5) is 17.6. The van der Waals surface area contributed by atoms with E-state index < -0.39 is 15.9 Å². The minimum atomic E-state index is -3.24. The summed E-state index contributed by atoms with van der Waals surface area (Å²) in [5.74, 6) is -0.0543. The van der Waals surface area contributed by atoms with Gasteiger partial charge in [0.2, 0.25) is 10.0 Å². The van der Waals surface area contributed by atoms with Crippen LogP contribution in [0.3, 0.4) is 0 Å². The number of nitrogens with one attached hydrogen (secondary N) is 1. The lowest BCUT2D eigenvalue weighted by Crippen LogP contribution is -2.39. The first-order valence-electron chi connectivity index (χ1n) is 12.0. The van der Waals surface area contributed by atoms with Gasteiger partial charge in [-0.1, -0.05) is 37.3 Å². The quantitative estimate of drug-likeness (QED) is 0.485. The number of aromatic nitrogens is 1. The Bertz CT molecular complexity index is 1250. The smallest absolute Gasteiger partial charge is 0.250 e. The average molecular weight is 483 g/mol. The summed E-state index contributed by atoms with van der Waals surface area (Å²) >= 11 is 0. The van der Waals surface area contributed by atoms with Crippen molar-refractivity contribution in [3.05, 3.63) is 59.8 Å². The normalized spacial score (nSPS) is 15.9. The number of hydrogen-bond donors (Lipinski definition) is 2. The van der Waals surface area contributed by atoms with Crippen molar-refractivity contribution in [1.29, 1.82) is 0 Å². The summed E-state index contributed by atoms with van der Waals surface area (Å²) in [5.41, 5.74) is 10.0. The zero-order valence-electron chi connectivity index (χ0n) is 20.0. The van der Waals surface area contributed by atoms with Gasteiger partial charge in [-0.15, -0.1) is 0 Å². The molecule has 0 radical (unpaired) electrons. The number of carbonyl (C=O) groups excluding carboxylic acids is 1. The molecule has 1 aliphatic rings. The second kappa shape index (κ2) is 10.3. The number of H-pyrrole nitrogens is 1. The standard InChI is InChI=1S/C26H34N4O3S/c1-3-29(2)12-7-15-34(32,33)30-13-10-20(11-14-30)24-18-28-25-22(24)16-21(17-23(25)26(27)31)19-8-5-4-6-9-19/h4-6,8-9,16-18,20,28H,3,7,10-15H2,1-2H3,(H2,27,31). The Balaban J connectivity index is 1.54. The van der Waals surface area contributed by atoms with Crippen molar-refractivity contribution in [1.82, 2.24) is 14.2 Å². The Morgan fingerprint density at radius 2 is 1.85 bits per heavy atom. The fourth-order valence-electron chi connectivity index (χ4n) is 4.83. The predicted octanol–water partition coefficient (Wildman–Crippen LogP) is 3.78. The molecule has 3 N–H and O–H groups in total. The van der Waals surface area contributed by atoms with Gasteiger partial charge in [-0.2, -0.15) is 0 Å². The number of nitrogens with zero attached hydrogens (tertiary/aromatic N) is 2. The molecule has 3 aromatic rings. The number of nitrogens with two attached hydrogens (primary N) is 1. The lowest BCUT2D eigenvalue weighted by atomic mass is 9.88. The second-order valence-electron chi connectivity index (χ2n) is 9.16. The van der Waals surface area contributed by atoms with Crippen LogP contribution in [-0.2, 0) is 10.0 Å². The fraction of sp³-hybridized carbons (Fsp3) is 0.423. The van der Waals surface area contributed by atoms with E-state index in [0.29, 0.717) is 25.1 Å². The van der Waals surface area contributed by atoms with Crippen LogP contribution in [0.25, 0.3) is 22.0 Å². The lowest BCUT2D eigenvalue weighted by Gasteiger charge is -2.31. The molecule has 2 aromatic carbocycles. The maximum absolute atomic E-state index is 12.8. The Kier molecular flexibility index (Phi) is 7.40. The summed E-state index contributed by atoms with van der Waals surface area (Å²) in [6, 6.07) is 13.9. The number of sulfonamides is 1. The maximum atomic E-state index is 12.8. The van der Waals surface area contributed by atoms with E-state index in [1.807, 2.05) is 49.6 Å². The molecule has 1 aromatic heterocycles. The van der Waals surface area contributed by atoms with Crippen molar-refractivity contribution in [2.45, 2.75) is 32.1 Å². The molecule has 1 aliphatic heterocycles. The van der Waals surface area contributed by atoms with E-state index in [0.717, 1.165) is 53.5 Å². The third-order valence-electron chi connectivity index (χ3n) is 6.96. The Hall–Kier alpha value is -2.68. The van der Waals surface area contributed by atoms with Crippen molar-refractivity contribution in [2.24, 2.45) is 5.73 Å². The molecule has 1 saturated heterocycles. The molecule has 0 aliphatic carbocycles. The lowest BCUT2D eigenvalue weighted by molar-refractivity contribution is 0.100. The Labute approximate surface area is 202 Å². The van der Waals surface area contributed by atoms with Crippen LogP contribution >= 0.6 is 0 Å². The molecule has 0 saturated carbocycles. The average Bonchev–Trinajstić information content (AvgIpc) is 3.27. The van der Waals surface area contributed by atoms with Gasteiger partial charge in [0.15, 0.2) is 0 Å². The van der Waals surface area contributed by atoms with Gasteiger partial charge in [-0.3, -0.25) is 4.79 Å². The van der Waals surface area contributed by atoms with Crippen LogP contribution in [0, 0.1) is 0 Å². The molecule has 0 unspecified atom stereocenters. The monoisotopic (exact) mass is 482 g/mol. The van der Waals surface area contributed by atoms with Crippen LogP contribution in [0.15, 0.2) is 48.7 Å². The first-order valence-corrected chi connectivity index (χ1v) is 13.6. The number of aromatic amines is 1. The van der Waals surface area contributed by atoms with Gasteiger partial charge in [-0.25, -0.2) is 12.7 Å². The first-order chi connectivity index (χ1) is 16.3. The number of piperidine rings is 1. The number of benzene rings is 2. The zero-order valence-corrected chi connectivity index (χ0v) is 20.8. The number of rotatable bonds is 9. The number of amides is 1. The van der Waals surface area contributed by atoms with Gasteiger partial charge < -0.3 is 15.6 Å². The number of hydrogen-bond acceptors (Lipinski definition) is 4. The summed E-state index contributed by atoms with van der Waals surface area (Å²) in [6.07, 6.45) is 4.11. The number of primary amides is 1. The van der Waals surface area contributed by atoms with Crippen molar-refractivity contribution in [3.8, 4) is 11.1 Å². The molecule has 4 rings (SSSR count). The van der Waals surface area contributed by atoms with Crippen LogP contribution in [-0.4, -0.2) is 67.5 Å². The van der Waals surface area contributed by atoms with E-state index in [1.54, 1.807) is 4.31 Å². The highest BCUT2D eigenvalue weighted by atomic mass is 32.2. The molecule has 182 valence electrons. The van der Waals surface area contributed by atoms with Gasteiger partial charge in [0.05, 0.1) is 16.8 Å². The molecular formula is C26H34N4O3S. The van der Waals surface area contributed by atoms with Crippen molar-refractivity contribution in [2.75, 3.05) is 39.0 Å². The fourth-order valence-corrected chi connectivity index (χ4v) is 6.35. The SMILES string of the molecule is CCN(C)CCCS(=O)(=O)N1CCC(c2c[nH]c3c(C(N)=O)cc(-c4ccccc4)cc23)CC1. The molecule has 8 heteroatoms. The van der Waals surface area contributed by atoms with Crippen LogP contribution in [0.4, 0.5) is 0 Å². The number of carbonyl (C=O) groups is 1. The van der Waals surface area contributed by atoms with Crippen molar-refractivity contribution >= 4 is 26.8 Å². The highest BCUT2D eigenvalue weighted by Gasteiger charge is 2.30. The van der Waals surface area contributed by atoms with Crippen LogP contribution in [0.1, 0.15) is 48.0 Å². The maximum Gasteiger partial charge on any atom is 0.250 e. The highest BCUT2D eigenvalue weighted by Crippen LogP contribution is 2.37. The minimum absolute atomic E-state index is 0.192. The molecule has 0 bridgehead atoms. The molecule has 1 amide bonds. The van der Waals surface area contributed by atoms with Crippen molar-refractivity contribution < 1.29 is 13.2 Å². The molecule has 1 fully saturated rings. The summed E-state index contributed by atoms with van der Waals surface area (Å²) < 4.78 is 27.3. The van der Waals surface area contributed by atoms with Crippen LogP contribution in [0.2, 0.25) is 0 Å². The van der Waals surface area contributed by atoms with E-state index in [9.17, 15) is 13.2 Å². The molecule has 0 spiro atoms. The molecule has 34 heavy (non-hydrogen) atoms. The summed E-state index contributed by atoms with van der Waals surface area (Å²) in [6.45, 7) is 4.81. The van der Waals surface area contributed by atoms with E-state index >= 15 is 0 Å². The summed E-state index contributed by atoms with van der Waals surface area (Å²) in [5, 5.41) is 0.985. The Morgan fingerprint density at radius 1 is 1.15 bits per heavy atom. The van der Waals surface area contributed by atoms with Crippen LogP contribution < -0.4 is 5.73 Å². The van der Waals surface area contributed by atoms with E-state index in [4.69, 9.17) is 5.73 Å². The molecule has 2 heterocycles. The van der Waals surface area contributed by atoms with Gasteiger partial charge in [0.1, 0.15) is 0 Å². The second-order valence-corrected chi connectivity index (χ2v) is 11.2. The predicted molar refractivity (Wildman–Crippen MR) is 137 cm³/mol. The number of fused-ring (bicyclic) bond motifs is 1. The Morgan fingerprint density at radius 3 is 2.50 bits per heavy atom. The van der Waals surface area contributed by atoms with E-state index in [-0.39, 0.29) is 11.7 Å². The van der Waals surface area contributed by atoms with Gasteiger partial charge in [0, 0.05) is 24.7 Å². The van der Waals surface area contributed by atoms with Gasteiger partial charge in [0.25, 0.3) is 5.91 Å². The largest absolute Gasteiger partial charge is 0.366 e. The molecule has 7 nitrogen and oxygen atoms in total. The van der Waals surface area contributed by atoms with Gasteiger partial charge >= 0.3 is 0 Å². The minimum Gasteiger partial charge on any atom is -0.366 e.